The van der Waals surface area contributed by atoms with Gasteiger partial charge in [0.1, 0.15) is 5.56 Å². The maximum absolute atomic E-state index is 10.9. The normalized spacial score (nSPS) is 10.4. The van der Waals surface area contributed by atoms with Gasteiger partial charge in [-0.3, -0.25) is 14.9 Å². The minimum absolute atomic E-state index is 0.181. The van der Waals surface area contributed by atoms with Crippen LogP contribution in [0.4, 0.5) is 5.69 Å². The first-order valence-electron chi connectivity index (χ1n) is 5.34. The van der Waals surface area contributed by atoms with Crippen molar-refractivity contribution in [2.45, 2.75) is 6.92 Å². The SMILES string of the molecule is CC(=O)NCC=Cc1ccc([N+](=O)[O-])c(C(=O)O)c1. The van der Waals surface area contributed by atoms with E-state index in [1.54, 1.807) is 12.2 Å². The Labute approximate surface area is 108 Å². The van der Waals surface area contributed by atoms with Gasteiger partial charge < -0.3 is 10.4 Å². The molecule has 0 heterocycles. The van der Waals surface area contributed by atoms with Crippen LogP contribution in [0.15, 0.2) is 24.3 Å². The predicted octanol–water partition coefficient (Wildman–Crippen LogP) is 1.44. The highest BCUT2D eigenvalue weighted by atomic mass is 16.6. The molecule has 0 aliphatic carbocycles. The summed E-state index contributed by atoms with van der Waals surface area (Å²) in [6, 6.07) is 3.79. The molecule has 0 aromatic heterocycles. The number of carbonyl (C=O) groups excluding carboxylic acids is 1. The minimum atomic E-state index is -1.36. The lowest BCUT2D eigenvalue weighted by molar-refractivity contribution is -0.385. The van der Waals surface area contributed by atoms with Crippen molar-refractivity contribution >= 4 is 23.6 Å². The van der Waals surface area contributed by atoms with Crippen LogP contribution in [0.5, 0.6) is 0 Å². The smallest absolute Gasteiger partial charge is 0.342 e. The van der Waals surface area contributed by atoms with Crippen LogP contribution >= 0.6 is 0 Å². The fourth-order valence-electron chi connectivity index (χ4n) is 1.39. The second-order valence-electron chi connectivity index (χ2n) is 3.68. The van der Waals surface area contributed by atoms with Crippen LogP contribution in [0.2, 0.25) is 0 Å². The van der Waals surface area contributed by atoms with Gasteiger partial charge in [0.25, 0.3) is 5.69 Å². The Bertz CT molecular complexity index is 551. The third kappa shape index (κ3) is 4.23. The number of hydrogen-bond donors (Lipinski definition) is 2. The highest BCUT2D eigenvalue weighted by Gasteiger charge is 2.19. The number of rotatable bonds is 5. The number of aromatic carboxylic acids is 1. The Morgan fingerprint density at radius 3 is 2.68 bits per heavy atom. The van der Waals surface area contributed by atoms with Crippen LogP contribution in [0.25, 0.3) is 6.08 Å². The number of carboxylic acid groups (broad SMARTS) is 1. The molecular formula is C12H12N2O5. The Kier molecular flexibility index (Phi) is 4.76. The number of carboxylic acids is 1. The number of nitrogens with zero attached hydrogens (tertiary/aromatic N) is 1. The van der Waals surface area contributed by atoms with Gasteiger partial charge in [-0.05, 0) is 17.7 Å². The molecule has 0 aliphatic rings. The fourth-order valence-corrected chi connectivity index (χ4v) is 1.39. The minimum Gasteiger partial charge on any atom is -0.477 e. The van der Waals surface area contributed by atoms with E-state index in [4.69, 9.17) is 5.11 Å². The molecular weight excluding hydrogens is 252 g/mol. The summed E-state index contributed by atoms with van der Waals surface area (Å²) in [4.78, 5) is 31.4. The van der Waals surface area contributed by atoms with Crippen molar-refractivity contribution < 1.29 is 19.6 Å². The summed E-state index contributed by atoms with van der Waals surface area (Å²) in [5.41, 5.74) is -0.313. The Balaban J connectivity index is 2.93. The molecule has 0 bridgehead atoms. The summed E-state index contributed by atoms with van der Waals surface area (Å²) in [7, 11) is 0. The van der Waals surface area contributed by atoms with Gasteiger partial charge in [0.2, 0.25) is 5.91 Å². The van der Waals surface area contributed by atoms with Gasteiger partial charge in [-0.25, -0.2) is 4.79 Å². The average molecular weight is 264 g/mol. The first-order valence-corrected chi connectivity index (χ1v) is 5.34. The number of hydrogen-bond acceptors (Lipinski definition) is 4. The third-order valence-electron chi connectivity index (χ3n) is 2.23. The molecule has 1 amide bonds. The van der Waals surface area contributed by atoms with E-state index in [2.05, 4.69) is 5.32 Å². The Morgan fingerprint density at radius 1 is 1.47 bits per heavy atom. The quantitative estimate of drug-likeness (QED) is 0.617. The van der Waals surface area contributed by atoms with Crippen molar-refractivity contribution in [3.05, 3.63) is 45.5 Å². The van der Waals surface area contributed by atoms with Gasteiger partial charge in [-0.1, -0.05) is 12.2 Å². The van der Waals surface area contributed by atoms with Gasteiger partial charge in [0.15, 0.2) is 0 Å². The Hall–Kier alpha value is -2.70. The molecule has 1 aromatic rings. The fraction of sp³-hybridized carbons (Fsp3) is 0.167. The van der Waals surface area contributed by atoms with Crippen molar-refractivity contribution in [3.63, 3.8) is 0 Å². The van der Waals surface area contributed by atoms with Crippen molar-refractivity contribution in [1.82, 2.24) is 5.32 Å². The number of benzene rings is 1. The maximum atomic E-state index is 10.9. The summed E-state index contributed by atoms with van der Waals surface area (Å²) in [5, 5.41) is 22.1. The molecule has 0 fully saturated rings. The first-order chi connectivity index (χ1) is 8.91. The van der Waals surface area contributed by atoms with Crippen LogP contribution in [-0.4, -0.2) is 28.5 Å². The Morgan fingerprint density at radius 2 is 2.16 bits per heavy atom. The molecule has 7 nitrogen and oxygen atoms in total. The highest BCUT2D eigenvalue weighted by Crippen LogP contribution is 2.20. The summed E-state index contributed by atoms with van der Waals surface area (Å²) >= 11 is 0. The zero-order valence-corrected chi connectivity index (χ0v) is 10.1. The molecule has 0 atom stereocenters. The topological polar surface area (TPSA) is 110 Å². The molecule has 0 radical (unpaired) electrons. The number of nitro benzene ring substituents is 1. The van der Waals surface area contributed by atoms with Crippen LogP contribution in [0, 0.1) is 10.1 Å². The van der Waals surface area contributed by atoms with Crippen LogP contribution in [0.1, 0.15) is 22.8 Å². The van der Waals surface area contributed by atoms with Crippen LogP contribution in [-0.2, 0) is 4.79 Å². The zero-order chi connectivity index (χ0) is 14.4. The lowest BCUT2D eigenvalue weighted by atomic mass is 10.1. The summed E-state index contributed by atoms with van der Waals surface area (Å²) < 4.78 is 0. The number of nitro groups is 1. The molecule has 0 saturated carbocycles. The molecule has 100 valence electrons. The van der Waals surface area contributed by atoms with Gasteiger partial charge in [-0.15, -0.1) is 0 Å². The van der Waals surface area contributed by atoms with E-state index in [1.165, 1.54) is 19.1 Å². The molecule has 0 unspecified atom stereocenters. The monoisotopic (exact) mass is 264 g/mol. The van der Waals surface area contributed by atoms with Gasteiger partial charge >= 0.3 is 5.97 Å². The van der Waals surface area contributed by atoms with Crippen molar-refractivity contribution in [2.24, 2.45) is 0 Å². The van der Waals surface area contributed by atoms with Gasteiger partial charge in [0.05, 0.1) is 4.92 Å². The molecule has 19 heavy (non-hydrogen) atoms. The van der Waals surface area contributed by atoms with Crippen LogP contribution < -0.4 is 5.32 Å². The summed E-state index contributed by atoms with van der Waals surface area (Å²) in [6.07, 6.45) is 3.19. The third-order valence-corrected chi connectivity index (χ3v) is 2.23. The van der Waals surface area contributed by atoms with E-state index in [0.29, 0.717) is 12.1 Å². The summed E-state index contributed by atoms with van der Waals surface area (Å²) in [5.74, 6) is -1.54. The van der Waals surface area contributed by atoms with E-state index >= 15 is 0 Å². The van der Waals surface area contributed by atoms with E-state index < -0.39 is 16.6 Å². The standard InChI is InChI=1S/C12H12N2O5/c1-8(15)13-6-2-3-9-4-5-11(14(18)19)10(7-9)12(16)17/h2-5,7H,6H2,1H3,(H,13,15)(H,16,17). The molecule has 7 heteroatoms. The largest absolute Gasteiger partial charge is 0.477 e. The second-order valence-corrected chi connectivity index (χ2v) is 3.68. The average Bonchev–Trinajstić information content (AvgIpc) is 2.33. The van der Waals surface area contributed by atoms with E-state index in [0.717, 1.165) is 6.07 Å². The molecule has 1 rings (SSSR count). The van der Waals surface area contributed by atoms with E-state index in [9.17, 15) is 19.7 Å². The van der Waals surface area contributed by atoms with Crippen LogP contribution in [0.3, 0.4) is 0 Å². The van der Waals surface area contributed by atoms with Gasteiger partial charge in [-0.2, -0.15) is 0 Å². The second kappa shape index (κ2) is 6.29. The number of amides is 1. The zero-order valence-electron chi connectivity index (χ0n) is 10.1. The first kappa shape index (κ1) is 14.4. The lowest BCUT2D eigenvalue weighted by Crippen LogP contribution is -2.19. The van der Waals surface area contributed by atoms with Crippen molar-refractivity contribution in [1.29, 1.82) is 0 Å². The van der Waals surface area contributed by atoms with Crippen molar-refractivity contribution in [2.75, 3.05) is 6.54 Å². The molecule has 1 aromatic carbocycles. The lowest BCUT2D eigenvalue weighted by Gasteiger charge is -2.00. The maximum Gasteiger partial charge on any atom is 0.342 e. The van der Waals surface area contributed by atoms with Crippen molar-refractivity contribution in [3.8, 4) is 0 Å². The molecule has 0 aliphatic heterocycles. The number of nitrogens with one attached hydrogen (secondary N) is 1. The molecule has 0 spiro atoms. The highest BCUT2D eigenvalue weighted by molar-refractivity contribution is 5.93. The van der Waals surface area contributed by atoms with E-state index in [-0.39, 0.29) is 11.5 Å². The van der Waals surface area contributed by atoms with E-state index in [1.807, 2.05) is 0 Å². The summed E-state index contributed by atoms with van der Waals surface area (Å²) in [6.45, 7) is 1.68. The van der Waals surface area contributed by atoms with Gasteiger partial charge in [0, 0.05) is 19.5 Å². The molecule has 0 saturated heterocycles. The molecule has 2 N–H and O–H groups in total. The predicted molar refractivity (Wildman–Crippen MR) is 67.8 cm³/mol. The number of carbonyl (C=O) groups is 2.